The minimum absolute atomic E-state index is 0.0256. The van der Waals surface area contributed by atoms with Crippen LogP contribution in [0.25, 0.3) is 0 Å². The van der Waals surface area contributed by atoms with E-state index in [0.29, 0.717) is 16.1 Å². The normalized spacial score (nSPS) is 10.7. The Morgan fingerprint density at radius 2 is 1.66 bits per heavy atom. The molecule has 0 unspecified atom stereocenters. The van der Waals surface area contributed by atoms with Crippen molar-refractivity contribution in [3.63, 3.8) is 0 Å². The lowest BCUT2D eigenvalue weighted by Gasteiger charge is -2.07. The lowest BCUT2D eigenvalue weighted by molar-refractivity contribution is 0.0693. The van der Waals surface area contributed by atoms with Crippen LogP contribution < -0.4 is 4.72 Å². The van der Waals surface area contributed by atoms with E-state index < -0.39 is 16.0 Å². The number of carbonyl (C=O) groups is 1. The maximum Gasteiger partial charge on any atom is 0.339 e. The Labute approximate surface area is 171 Å². The number of hydrogen-bond donors (Lipinski definition) is 3. The summed E-state index contributed by atoms with van der Waals surface area (Å²) in [6.45, 7) is 0. The number of nitrogens with one attached hydrogen (secondary N) is 1. The predicted molar refractivity (Wildman–Crippen MR) is 108 cm³/mol. The molecule has 0 saturated carbocycles. The molecule has 0 fully saturated rings. The number of carboxylic acid groups (broad SMARTS) is 1. The highest BCUT2D eigenvalue weighted by Gasteiger charge is 2.14. The molecule has 2 aromatic carbocycles. The van der Waals surface area contributed by atoms with E-state index in [-0.39, 0.29) is 22.0 Å². The van der Waals surface area contributed by atoms with Crippen molar-refractivity contribution in [3.8, 4) is 17.6 Å². The molecule has 7 nitrogen and oxygen atoms in total. The van der Waals surface area contributed by atoms with Gasteiger partial charge in [-0.05, 0) is 54.6 Å². The van der Waals surface area contributed by atoms with Crippen molar-refractivity contribution >= 4 is 33.4 Å². The van der Waals surface area contributed by atoms with Crippen molar-refractivity contribution in [1.29, 1.82) is 0 Å². The van der Waals surface area contributed by atoms with Crippen molar-refractivity contribution in [1.82, 2.24) is 4.98 Å². The average Bonchev–Trinajstić information content (AvgIpc) is 2.69. The minimum atomic E-state index is -3.83. The zero-order valence-electron chi connectivity index (χ0n) is 14.6. The van der Waals surface area contributed by atoms with Crippen molar-refractivity contribution < 1.29 is 23.4 Å². The zero-order chi connectivity index (χ0) is 21.0. The molecule has 9 heteroatoms. The van der Waals surface area contributed by atoms with Crippen molar-refractivity contribution in [2.24, 2.45) is 0 Å². The van der Waals surface area contributed by atoms with Crippen LogP contribution in [0.3, 0.4) is 0 Å². The second-order valence-electron chi connectivity index (χ2n) is 5.78. The largest absolute Gasteiger partial charge is 0.507 e. The minimum Gasteiger partial charge on any atom is -0.507 e. The number of aromatic carboxylic acids is 1. The van der Waals surface area contributed by atoms with E-state index in [9.17, 15) is 18.3 Å². The summed E-state index contributed by atoms with van der Waals surface area (Å²) in [6, 6.07) is 12.8. The molecule has 0 aliphatic carbocycles. The fourth-order valence-corrected chi connectivity index (χ4v) is 3.40. The van der Waals surface area contributed by atoms with Gasteiger partial charge in [0.15, 0.2) is 0 Å². The zero-order valence-corrected chi connectivity index (χ0v) is 16.2. The number of anilines is 1. The Bertz CT molecular complexity index is 1230. The topological polar surface area (TPSA) is 117 Å². The molecule has 3 rings (SSSR count). The van der Waals surface area contributed by atoms with Gasteiger partial charge in [-0.25, -0.2) is 18.2 Å². The highest BCUT2D eigenvalue weighted by Crippen LogP contribution is 2.19. The molecule has 0 aliphatic heterocycles. The van der Waals surface area contributed by atoms with Gasteiger partial charge in [0.25, 0.3) is 10.0 Å². The maximum absolute atomic E-state index is 12.4. The fraction of sp³-hybridized carbons (Fsp3) is 0. The Kier molecular flexibility index (Phi) is 5.73. The van der Waals surface area contributed by atoms with Crippen molar-refractivity contribution in [3.05, 3.63) is 82.5 Å². The van der Waals surface area contributed by atoms with Gasteiger partial charge in [0, 0.05) is 17.3 Å². The van der Waals surface area contributed by atoms with Crippen LogP contribution >= 0.6 is 11.6 Å². The maximum atomic E-state index is 12.4. The van der Waals surface area contributed by atoms with E-state index in [0.717, 1.165) is 0 Å². The lowest BCUT2D eigenvalue weighted by atomic mass is 10.1. The second-order valence-corrected chi connectivity index (χ2v) is 7.90. The summed E-state index contributed by atoms with van der Waals surface area (Å²) in [4.78, 5) is 15.0. The number of phenols is 1. The Balaban J connectivity index is 1.79. The number of carboxylic acids is 1. The molecule has 1 aromatic heterocycles. The third kappa shape index (κ3) is 5.04. The van der Waals surface area contributed by atoms with Gasteiger partial charge in [-0.15, -0.1) is 0 Å². The summed E-state index contributed by atoms with van der Waals surface area (Å²) in [7, 11) is -3.83. The van der Waals surface area contributed by atoms with Gasteiger partial charge >= 0.3 is 5.97 Å². The summed E-state index contributed by atoms with van der Waals surface area (Å²) in [5.41, 5.74) is 0.672. The summed E-state index contributed by atoms with van der Waals surface area (Å²) < 4.78 is 27.2. The van der Waals surface area contributed by atoms with E-state index in [1.807, 2.05) is 0 Å². The van der Waals surface area contributed by atoms with Crippen molar-refractivity contribution in [2.45, 2.75) is 4.90 Å². The van der Waals surface area contributed by atoms with Gasteiger partial charge in [0.05, 0.1) is 9.92 Å². The summed E-state index contributed by atoms with van der Waals surface area (Å²) >= 11 is 5.73. The average molecular weight is 429 g/mol. The van der Waals surface area contributed by atoms with Crippen LogP contribution in [-0.4, -0.2) is 29.6 Å². The third-order valence-corrected chi connectivity index (χ3v) is 5.30. The summed E-state index contributed by atoms with van der Waals surface area (Å²) in [6.07, 6.45) is 1.33. The molecule has 0 saturated heterocycles. The fourth-order valence-electron chi connectivity index (χ4n) is 2.28. The molecular formula is C20H13ClN2O5S. The van der Waals surface area contributed by atoms with Crippen LogP contribution in [0.2, 0.25) is 5.02 Å². The molecule has 29 heavy (non-hydrogen) atoms. The molecule has 1 heterocycles. The number of pyridine rings is 1. The summed E-state index contributed by atoms with van der Waals surface area (Å²) in [5, 5.41) is 18.9. The number of halogens is 1. The predicted octanol–water partition coefficient (Wildman–Crippen LogP) is 3.34. The number of aromatic nitrogens is 1. The van der Waals surface area contributed by atoms with Gasteiger partial charge in [-0.1, -0.05) is 23.4 Å². The van der Waals surface area contributed by atoms with Crippen LogP contribution in [-0.2, 0) is 10.0 Å². The number of nitrogens with zero attached hydrogens (tertiary/aromatic N) is 1. The van der Waals surface area contributed by atoms with Gasteiger partial charge in [0.1, 0.15) is 17.1 Å². The molecule has 3 aromatic rings. The number of hydrogen-bond acceptors (Lipinski definition) is 5. The molecule has 146 valence electrons. The molecule has 3 N–H and O–H groups in total. The van der Waals surface area contributed by atoms with Crippen LogP contribution in [0.4, 0.5) is 5.82 Å². The first-order chi connectivity index (χ1) is 13.7. The number of rotatable bonds is 4. The Hall–Kier alpha value is -3.54. The summed E-state index contributed by atoms with van der Waals surface area (Å²) in [5.74, 6) is 4.12. The Morgan fingerprint density at radius 3 is 2.28 bits per heavy atom. The molecule has 0 spiro atoms. The van der Waals surface area contributed by atoms with Crippen LogP contribution in [0, 0.1) is 11.8 Å². The molecular weight excluding hydrogens is 416 g/mol. The van der Waals surface area contributed by atoms with Gasteiger partial charge < -0.3 is 10.2 Å². The monoisotopic (exact) mass is 428 g/mol. The van der Waals surface area contributed by atoms with E-state index in [4.69, 9.17) is 16.7 Å². The van der Waals surface area contributed by atoms with Crippen molar-refractivity contribution in [2.75, 3.05) is 4.72 Å². The van der Waals surface area contributed by atoms with Crippen LogP contribution in [0.5, 0.6) is 5.75 Å². The molecule has 0 radical (unpaired) electrons. The van der Waals surface area contributed by atoms with E-state index in [1.54, 1.807) is 0 Å². The van der Waals surface area contributed by atoms with Crippen LogP contribution in [0.1, 0.15) is 21.5 Å². The van der Waals surface area contributed by atoms with E-state index >= 15 is 0 Å². The molecule has 0 amide bonds. The SMILES string of the molecule is O=C(O)c1cc(C#Cc2ccc(S(=O)(=O)Nc3ccc(Cl)cn3)cc2)ccc1O. The smallest absolute Gasteiger partial charge is 0.339 e. The molecule has 0 atom stereocenters. The first-order valence-electron chi connectivity index (χ1n) is 8.07. The molecule has 0 aliphatic rings. The first-order valence-corrected chi connectivity index (χ1v) is 9.93. The lowest BCUT2D eigenvalue weighted by Crippen LogP contribution is -2.13. The second kappa shape index (κ2) is 8.22. The molecule has 0 bridgehead atoms. The van der Waals surface area contributed by atoms with Gasteiger partial charge in [0.2, 0.25) is 0 Å². The Morgan fingerprint density at radius 1 is 1.00 bits per heavy atom. The van der Waals surface area contributed by atoms with E-state index in [1.165, 1.54) is 60.8 Å². The van der Waals surface area contributed by atoms with E-state index in [2.05, 4.69) is 21.5 Å². The number of benzene rings is 2. The van der Waals surface area contributed by atoms with Gasteiger partial charge in [-0.2, -0.15) is 0 Å². The quantitative estimate of drug-likeness (QED) is 0.549. The van der Waals surface area contributed by atoms with Gasteiger partial charge in [-0.3, -0.25) is 4.72 Å². The first kappa shape index (κ1) is 20.2. The highest BCUT2D eigenvalue weighted by molar-refractivity contribution is 7.92. The number of sulfonamides is 1. The highest BCUT2D eigenvalue weighted by atomic mass is 35.5. The third-order valence-electron chi connectivity index (χ3n) is 3.71. The van der Waals surface area contributed by atoms with Crippen LogP contribution in [0.15, 0.2) is 65.7 Å². The standard InChI is InChI=1S/C20H13ClN2O5S/c21-15-6-10-19(22-12-15)23-29(27,28)16-7-3-13(4-8-16)1-2-14-5-9-18(24)17(11-14)20(25)26/h3-12,24H,(H,22,23)(H,25,26). The number of aromatic hydroxyl groups is 1.